The molecule has 0 spiro atoms. The number of likely N-dealkylation sites (tertiary alicyclic amines) is 1. The first-order chi connectivity index (χ1) is 10.7. The third-order valence-corrected chi connectivity index (χ3v) is 4.46. The van der Waals surface area contributed by atoms with Crippen LogP contribution in [0.25, 0.3) is 11.3 Å². The molecule has 3 rings (SSSR count). The molecular formula is C17H24Cl3N3O. The van der Waals surface area contributed by atoms with Crippen LogP contribution < -0.4 is 5.32 Å². The highest BCUT2D eigenvalue weighted by Gasteiger charge is 2.20. The van der Waals surface area contributed by atoms with Gasteiger partial charge >= 0.3 is 0 Å². The van der Waals surface area contributed by atoms with Crippen molar-refractivity contribution in [2.45, 2.75) is 19.4 Å². The van der Waals surface area contributed by atoms with Crippen LogP contribution in [0.3, 0.4) is 0 Å². The van der Waals surface area contributed by atoms with Crippen LogP contribution in [0, 0.1) is 5.92 Å². The van der Waals surface area contributed by atoms with Crippen LogP contribution in [0.1, 0.15) is 18.7 Å². The van der Waals surface area contributed by atoms with E-state index in [0.29, 0.717) is 5.02 Å². The Kier molecular flexibility index (Phi) is 9.09. The zero-order valence-electron chi connectivity index (χ0n) is 13.7. The Morgan fingerprint density at radius 2 is 2.04 bits per heavy atom. The summed E-state index contributed by atoms with van der Waals surface area (Å²) in [6.45, 7) is 4.13. The Labute approximate surface area is 160 Å². The highest BCUT2D eigenvalue weighted by Crippen LogP contribution is 2.24. The third kappa shape index (κ3) is 5.64. The van der Waals surface area contributed by atoms with Crippen LogP contribution in [0.4, 0.5) is 0 Å². The highest BCUT2D eigenvalue weighted by atomic mass is 35.5. The van der Waals surface area contributed by atoms with Crippen LogP contribution in [0.5, 0.6) is 0 Å². The molecule has 0 bridgehead atoms. The number of piperidine rings is 1. The summed E-state index contributed by atoms with van der Waals surface area (Å²) >= 11 is 6.02. The summed E-state index contributed by atoms with van der Waals surface area (Å²) in [6, 6.07) is 7.67. The lowest BCUT2D eigenvalue weighted by Crippen LogP contribution is -2.36. The van der Waals surface area contributed by atoms with Gasteiger partial charge < -0.3 is 9.73 Å². The van der Waals surface area contributed by atoms with Crippen molar-refractivity contribution in [1.29, 1.82) is 0 Å². The predicted octanol–water partition coefficient (Wildman–Crippen LogP) is 4.27. The molecule has 24 heavy (non-hydrogen) atoms. The van der Waals surface area contributed by atoms with Gasteiger partial charge in [0.25, 0.3) is 0 Å². The van der Waals surface area contributed by atoms with E-state index in [-0.39, 0.29) is 24.8 Å². The van der Waals surface area contributed by atoms with Crippen molar-refractivity contribution in [2.75, 3.05) is 26.7 Å². The fourth-order valence-electron chi connectivity index (χ4n) is 2.99. The van der Waals surface area contributed by atoms with Crippen LogP contribution in [0.2, 0.25) is 5.02 Å². The number of nitrogens with one attached hydrogen (secondary N) is 1. The molecule has 1 aromatic heterocycles. The fraction of sp³-hybridized carbons (Fsp3) is 0.471. The van der Waals surface area contributed by atoms with E-state index in [2.05, 4.69) is 15.2 Å². The number of hydrogen-bond donors (Lipinski definition) is 1. The first-order valence-corrected chi connectivity index (χ1v) is 8.20. The number of rotatable bonds is 5. The number of aromatic nitrogens is 1. The Balaban J connectivity index is 0.00000144. The van der Waals surface area contributed by atoms with Gasteiger partial charge in [-0.25, -0.2) is 4.98 Å². The molecule has 4 nitrogen and oxygen atoms in total. The molecule has 0 unspecified atom stereocenters. The molecule has 1 aliphatic rings. The van der Waals surface area contributed by atoms with Gasteiger partial charge in [-0.05, 0) is 57.6 Å². The summed E-state index contributed by atoms with van der Waals surface area (Å²) in [4.78, 5) is 6.82. The summed E-state index contributed by atoms with van der Waals surface area (Å²) in [7, 11) is 2.02. The number of nitrogens with zero attached hydrogens (tertiary/aromatic N) is 2. The summed E-state index contributed by atoms with van der Waals surface area (Å²) in [5.41, 5.74) is 0.971. The maximum atomic E-state index is 6.02. The Morgan fingerprint density at radius 3 is 2.71 bits per heavy atom. The van der Waals surface area contributed by atoms with E-state index >= 15 is 0 Å². The van der Waals surface area contributed by atoms with Gasteiger partial charge in [-0.2, -0.15) is 0 Å². The highest BCUT2D eigenvalue weighted by molar-refractivity contribution is 6.30. The first-order valence-electron chi connectivity index (χ1n) is 7.82. The van der Waals surface area contributed by atoms with E-state index in [1.165, 1.54) is 12.8 Å². The zero-order chi connectivity index (χ0) is 15.4. The molecule has 134 valence electrons. The van der Waals surface area contributed by atoms with Gasteiger partial charge in [0.05, 0.1) is 12.7 Å². The Morgan fingerprint density at radius 1 is 1.29 bits per heavy atom. The summed E-state index contributed by atoms with van der Waals surface area (Å²) in [6.07, 6.45) is 4.26. The number of halogens is 3. The quantitative estimate of drug-likeness (QED) is 0.825. The van der Waals surface area contributed by atoms with Crippen molar-refractivity contribution in [2.24, 2.45) is 5.92 Å². The van der Waals surface area contributed by atoms with Gasteiger partial charge in [0, 0.05) is 10.6 Å². The average Bonchev–Trinajstić information content (AvgIpc) is 2.98. The van der Waals surface area contributed by atoms with Crippen LogP contribution in [-0.2, 0) is 6.54 Å². The maximum Gasteiger partial charge on any atom is 0.209 e. The van der Waals surface area contributed by atoms with E-state index in [1.54, 1.807) is 6.20 Å². The first kappa shape index (κ1) is 21.3. The van der Waals surface area contributed by atoms with Crippen LogP contribution in [0.15, 0.2) is 34.9 Å². The lowest BCUT2D eigenvalue weighted by Gasteiger charge is -2.30. The fourth-order valence-corrected chi connectivity index (χ4v) is 3.18. The molecule has 0 amide bonds. The lowest BCUT2D eigenvalue weighted by atomic mass is 9.97. The van der Waals surface area contributed by atoms with Gasteiger partial charge in [-0.1, -0.05) is 23.7 Å². The standard InChI is InChI=1S/C17H22ClN3O.2ClH/c1-19-10-13-5-7-21(8-6-13)12-17-20-11-16(22-17)14-3-2-4-15(18)9-14;;/h2-4,9,11,13,19H,5-8,10,12H2,1H3;2*1H. The monoisotopic (exact) mass is 391 g/mol. The molecular weight excluding hydrogens is 369 g/mol. The smallest absolute Gasteiger partial charge is 0.209 e. The predicted molar refractivity (Wildman–Crippen MR) is 103 cm³/mol. The van der Waals surface area contributed by atoms with E-state index in [1.807, 2.05) is 31.3 Å². The minimum atomic E-state index is 0. The minimum absolute atomic E-state index is 0. The second-order valence-corrected chi connectivity index (χ2v) is 6.34. The number of benzene rings is 1. The molecule has 1 fully saturated rings. The summed E-state index contributed by atoms with van der Waals surface area (Å²) < 4.78 is 5.88. The normalized spacial score (nSPS) is 15.6. The molecule has 0 saturated carbocycles. The number of oxazole rings is 1. The van der Waals surface area contributed by atoms with Crippen molar-refractivity contribution in [1.82, 2.24) is 15.2 Å². The second kappa shape index (κ2) is 10.3. The molecule has 7 heteroatoms. The van der Waals surface area contributed by atoms with Crippen molar-refractivity contribution in [3.05, 3.63) is 41.4 Å². The topological polar surface area (TPSA) is 41.3 Å². The van der Waals surface area contributed by atoms with Crippen LogP contribution >= 0.6 is 36.4 Å². The van der Waals surface area contributed by atoms with Gasteiger partial charge in [0.15, 0.2) is 5.76 Å². The Bertz CT molecular complexity index is 613. The summed E-state index contributed by atoms with van der Waals surface area (Å²) in [5, 5.41) is 3.98. The molecule has 1 aromatic carbocycles. The van der Waals surface area contributed by atoms with Gasteiger partial charge in [0.2, 0.25) is 5.89 Å². The molecule has 0 radical (unpaired) electrons. The second-order valence-electron chi connectivity index (χ2n) is 5.91. The van der Waals surface area contributed by atoms with E-state index < -0.39 is 0 Å². The van der Waals surface area contributed by atoms with Crippen molar-refractivity contribution < 1.29 is 4.42 Å². The van der Waals surface area contributed by atoms with Gasteiger partial charge in [-0.3, -0.25) is 4.90 Å². The Hall–Kier alpha value is -0.780. The third-order valence-electron chi connectivity index (χ3n) is 4.22. The summed E-state index contributed by atoms with van der Waals surface area (Å²) in [5.74, 6) is 2.36. The van der Waals surface area contributed by atoms with E-state index in [0.717, 1.165) is 49.3 Å². The SMILES string of the molecule is CNCC1CCN(Cc2ncc(-c3cccc(Cl)c3)o2)CC1.Cl.Cl. The minimum Gasteiger partial charge on any atom is -0.439 e. The molecule has 0 atom stereocenters. The average molecular weight is 393 g/mol. The molecule has 1 N–H and O–H groups in total. The van der Waals surface area contributed by atoms with Gasteiger partial charge in [0.1, 0.15) is 0 Å². The largest absolute Gasteiger partial charge is 0.439 e. The maximum absolute atomic E-state index is 6.02. The van der Waals surface area contributed by atoms with Crippen molar-refractivity contribution in [3.8, 4) is 11.3 Å². The van der Waals surface area contributed by atoms with E-state index in [4.69, 9.17) is 16.0 Å². The van der Waals surface area contributed by atoms with Crippen LogP contribution in [-0.4, -0.2) is 36.6 Å². The molecule has 2 aromatic rings. The zero-order valence-corrected chi connectivity index (χ0v) is 16.1. The lowest BCUT2D eigenvalue weighted by molar-refractivity contribution is 0.164. The van der Waals surface area contributed by atoms with Crippen molar-refractivity contribution >= 4 is 36.4 Å². The van der Waals surface area contributed by atoms with Gasteiger partial charge in [-0.15, -0.1) is 24.8 Å². The number of hydrogen-bond acceptors (Lipinski definition) is 4. The van der Waals surface area contributed by atoms with Crippen molar-refractivity contribution in [3.63, 3.8) is 0 Å². The molecule has 2 heterocycles. The molecule has 1 aliphatic heterocycles. The van der Waals surface area contributed by atoms with E-state index in [9.17, 15) is 0 Å². The molecule has 1 saturated heterocycles. The molecule has 0 aliphatic carbocycles.